The van der Waals surface area contributed by atoms with Gasteiger partial charge < -0.3 is 24.0 Å². The lowest BCUT2D eigenvalue weighted by Gasteiger charge is -2.35. The Labute approximate surface area is 183 Å². The van der Waals surface area contributed by atoms with Crippen LogP contribution in [0, 0.1) is 0 Å². The first-order valence-corrected chi connectivity index (χ1v) is 10.5. The van der Waals surface area contributed by atoms with Gasteiger partial charge in [0.2, 0.25) is 0 Å². The van der Waals surface area contributed by atoms with E-state index in [1.54, 1.807) is 37.3 Å². The highest BCUT2D eigenvalue weighted by Gasteiger charge is 2.30. The summed E-state index contributed by atoms with van der Waals surface area (Å²) in [6, 6.07) is 11.2. The van der Waals surface area contributed by atoms with E-state index in [1.165, 1.54) is 5.56 Å². The summed E-state index contributed by atoms with van der Waals surface area (Å²) in [6.45, 7) is 4.32. The second-order valence-electron chi connectivity index (χ2n) is 7.45. The molecule has 1 atom stereocenters. The van der Waals surface area contributed by atoms with Crippen LogP contribution in [-0.2, 0) is 6.42 Å². The van der Waals surface area contributed by atoms with Crippen LogP contribution in [0.25, 0.3) is 0 Å². The largest absolute Gasteiger partial charge is 0.493 e. The fourth-order valence-corrected chi connectivity index (χ4v) is 3.77. The van der Waals surface area contributed by atoms with Crippen molar-refractivity contribution in [2.75, 3.05) is 40.9 Å². The van der Waals surface area contributed by atoms with Crippen molar-refractivity contribution in [3.63, 3.8) is 0 Å². The van der Waals surface area contributed by atoms with Crippen molar-refractivity contribution in [3.8, 4) is 17.2 Å². The maximum Gasteiger partial charge on any atom is 0.260 e. The maximum absolute atomic E-state index is 12.8. The van der Waals surface area contributed by atoms with Crippen LogP contribution in [0.4, 0.5) is 0 Å². The van der Waals surface area contributed by atoms with Crippen molar-refractivity contribution in [1.29, 1.82) is 0 Å². The Morgan fingerprint density at radius 1 is 1.10 bits per heavy atom. The Morgan fingerprint density at radius 2 is 1.87 bits per heavy atom. The first kappa shape index (κ1) is 22.2. The van der Waals surface area contributed by atoms with Gasteiger partial charge in [-0.1, -0.05) is 17.7 Å². The summed E-state index contributed by atoms with van der Waals surface area (Å²) >= 11 is 6.05. The van der Waals surface area contributed by atoms with Gasteiger partial charge in [-0.25, -0.2) is 0 Å². The third kappa shape index (κ3) is 5.18. The molecule has 0 radical (unpaired) electrons. The molecule has 1 unspecified atom stereocenters. The number of fused-ring (bicyclic) bond motifs is 1. The highest BCUT2D eigenvalue weighted by molar-refractivity contribution is 6.31. The lowest BCUT2D eigenvalue weighted by atomic mass is 10.1. The standard InChI is InChI=1S/C23H29ClN2O4/c1-16-26(23(27)19-15-18(24)7-9-20(19)30-16)12-5-11-25(2)13-10-17-6-8-21(28-3)22(14-17)29-4/h6-9,14-16H,5,10-13H2,1-4H3. The number of hydrogen-bond donors (Lipinski definition) is 0. The Kier molecular flexibility index (Phi) is 7.45. The van der Waals surface area contributed by atoms with Crippen LogP contribution in [0.5, 0.6) is 17.2 Å². The molecule has 0 fully saturated rings. The van der Waals surface area contributed by atoms with Gasteiger partial charge in [-0.15, -0.1) is 0 Å². The molecular formula is C23H29ClN2O4. The molecule has 2 aromatic carbocycles. The first-order valence-electron chi connectivity index (χ1n) is 10.1. The van der Waals surface area contributed by atoms with Gasteiger partial charge >= 0.3 is 0 Å². The fraction of sp³-hybridized carbons (Fsp3) is 0.435. The SMILES string of the molecule is COc1ccc(CCN(C)CCCN2C(=O)c3cc(Cl)ccc3OC2C)cc1OC. The van der Waals surface area contributed by atoms with E-state index in [4.69, 9.17) is 25.8 Å². The van der Waals surface area contributed by atoms with E-state index in [0.29, 0.717) is 22.9 Å². The van der Waals surface area contributed by atoms with E-state index in [2.05, 4.69) is 18.0 Å². The van der Waals surface area contributed by atoms with E-state index in [-0.39, 0.29) is 12.1 Å². The molecule has 0 saturated heterocycles. The molecule has 3 rings (SSSR count). The predicted octanol–water partition coefficient (Wildman–Crippen LogP) is 4.10. The molecule has 0 aliphatic carbocycles. The summed E-state index contributed by atoms with van der Waals surface area (Å²) in [5.41, 5.74) is 1.73. The molecule has 0 spiro atoms. The molecule has 7 heteroatoms. The summed E-state index contributed by atoms with van der Waals surface area (Å²) in [7, 11) is 5.37. The maximum atomic E-state index is 12.8. The minimum atomic E-state index is -0.289. The van der Waals surface area contributed by atoms with Crippen LogP contribution in [-0.4, -0.2) is 62.8 Å². The van der Waals surface area contributed by atoms with Crippen LogP contribution in [0.15, 0.2) is 36.4 Å². The van der Waals surface area contributed by atoms with E-state index < -0.39 is 0 Å². The van der Waals surface area contributed by atoms with Crippen molar-refractivity contribution in [3.05, 3.63) is 52.5 Å². The summed E-state index contributed by atoms with van der Waals surface area (Å²) in [5, 5.41) is 0.537. The van der Waals surface area contributed by atoms with Crippen molar-refractivity contribution >= 4 is 17.5 Å². The van der Waals surface area contributed by atoms with Gasteiger partial charge in [-0.3, -0.25) is 4.79 Å². The van der Waals surface area contributed by atoms with Crippen molar-refractivity contribution in [2.45, 2.75) is 26.0 Å². The second kappa shape index (κ2) is 10.0. The van der Waals surface area contributed by atoms with Gasteiger partial charge in [0.15, 0.2) is 17.7 Å². The number of rotatable bonds is 9. The third-order valence-electron chi connectivity index (χ3n) is 5.34. The highest BCUT2D eigenvalue weighted by atomic mass is 35.5. The summed E-state index contributed by atoms with van der Waals surface area (Å²) in [4.78, 5) is 16.9. The number of benzene rings is 2. The molecule has 162 valence electrons. The normalized spacial score (nSPS) is 15.7. The monoisotopic (exact) mass is 432 g/mol. The number of nitrogens with zero attached hydrogens (tertiary/aromatic N) is 2. The van der Waals surface area contributed by atoms with Crippen LogP contribution in [0.3, 0.4) is 0 Å². The molecule has 1 aliphatic heterocycles. The van der Waals surface area contributed by atoms with E-state index >= 15 is 0 Å². The average Bonchev–Trinajstić information content (AvgIpc) is 2.75. The molecule has 6 nitrogen and oxygen atoms in total. The molecule has 0 aromatic heterocycles. The van der Waals surface area contributed by atoms with Crippen LogP contribution in [0.1, 0.15) is 29.3 Å². The van der Waals surface area contributed by atoms with Gasteiger partial charge in [0.1, 0.15) is 5.75 Å². The van der Waals surface area contributed by atoms with Gasteiger partial charge in [0, 0.05) is 18.1 Å². The average molecular weight is 433 g/mol. The zero-order valence-corrected chi connectivity index (χ0v) is 18.7. The van der Waals surface area contributed by atoms with E-state index in [0.717, 1.165) is 37.4 Å². The highest BCUT2D eigenvalue weighted by Crippen LogP contribution is 2.30. The lowest BCUT2D eigenvalue weighted by molar-refractivity contribution is 0.0170. The Hall–Kier alpha value is -2.44. The summed E-state index contributed by atoms with van der Waals surface area (Å²) in [6.07, 6.45) is 1.48. The minimum Gasteiger partial charge on any atom is -0.493 e. The quantitative estimate of drug-likeness (QED) is 0.597. The zero-order chi connectivity index (χ0) is 21.7. The molecule has 0 N–H and O–H groups in total. The van der Waals surface area contributed by atoms with E-state index in [9.17, 15) is 4.79 Å². The molecule has 0 bridgehead atoms. The van der Waals surface area contributed by atoms with Gasteiger partial charge in [0.25, 0.3) is 5.91 Å². The summed E-state index contributed by atoms with van der Waals surface area (Å²) in [5.74, 6) is 2.05. The molecule has 1 amide bonds. The van der Waals surface area contributed by atoms with Crippen LogP contribution < -0.4 is 14.2 Å². The fourth-order valence-electron chi connectivity index (χ4n) is 3.60. The van der Waals surface area contributed by atoms with Crippen molar-refractivity contribution in [2.24, 2.45) is 0 Å². The Balaban J connectivity index is 1.48. The van der Waals surface area contributed by atoms with E-state index in [1.807, 2.05) is 19.1 Å². The molecule has 30 heavy (non-hydrogen) atoms. The van der Waals surface area contributed by atoms with Crippen LogP contribution >= 0.6 is 11.6 Å². The molecule has 1 heterocycles. The number of carbonyl (C=O) groups is 1. The lowest BCUT2D eigenvalue weighted by Crippen LogP contribution is -2.46. The summed E-state index contributed by atoms with van der Waals surface area (Å²) < 4.78 is 16.5. The molecule has 0 saturated carbocycles. The van der Waals surface area contributed by atoms with Gasteiger partial charge in [0.05, 0.1) is 19.8 Å². The topological polar surface area (TPSA) is 51.2 Å². The number of halogens is 1. The number of hydrogen-bond acceptors (Lipinski definition) is 5. The Morgan fingerprint density at radius 3 is 2.60 bits per heavy atom. The van der Waals surface area contributed by atoms with Gasteiger partial charge in [-0.2, -0.15) is 0 Å². The Bertz CT molecular complexity index is 890. The number of amides is 1. The molecular weight excluding hydrogens is 404 g/mol. The number of carbonyl (C=O) groups excluding carboxylic acids is 1. The van der Waals surface area contributed by atoms with Gasteiger partial charge in [-0.05, 0) is 69.3 Å². The zero-order valence-electron chi connectivity index (χ0n) is 18.0. The van der Waals surface area contributed by atoms with Crippen molar-refractivity contribution < 1.29 is 19.0 Å². The van der Waals surface area contributed by atoms with Crippen LogP contribution in [0.2, 0.25) is 5.02 Å². The van der Waals surface area contributed by atoms with Crippen molar-refractivity contribution in [1.82, 2.24) is 9.80 Å². The molecule has 2 aromatic rings. The minimum absolute atomic E-state index is 0.0285. The predicted molar refractivity (Wildman–Crippen MR) is 118 cm³/mol. The first-order chi connectivity index (χ1) is 14.4. The second-order valence-corrected chi connectivity index (χ2v) is 7.89. The number of likely N-dealkylation sites (N-methyl/N-ethyl adjacent to an activating group) is 1. The number of ether oxygens (including phenoxy) is 3. The smallest absolute Gasteiger partial charge is 0.260 e. The molecule has 1 aliphatic rings. The third-order valence-corrected chi connectivity index (χ3v) is 5.57. The number of methoxy groups -OCH3 is 2.